The fourth-order valence-corrected chi connectivity index (χ4v) is 3.64. The standard InChI is InChI=1S/C17H15N3O4S/c21-25(22,14-4-5-16-17(11-14)24-9-8-23-16)20-13-3-1-2-12(10-13)15-6-7-18-19-15/h1-7,10-11,20H,8-9H2,(H,18,19). The first-order valence-corrected chi connectivity index (χ1v) is 9.12. The third-order valence-corrected chi connectivity index (χ3v) is 5.13. The Balaban J connectivity index is 1.62. The lowest BCUT2D eigenvalue weighted by molar-refractivity contribution is 0.171. The number of benzene rings is 2. The predicted octanol–water partition coefficient (Wildman–Crippen LogP) is 2.65. The van der Waals surface area contributed by atoms with Crippen molar-refractivity contribution < 1.29 is 17.9 Å². The first-order valence-electron chi connectivity index (χ1n) is 7.64. The second-order valence-corrected chi connectivity index (χ2v) is 7.14. The lowest BCUT2D eigenvalue weighted by atomic mass is 10.1. The Morgan fingerprint density at radius 3 is 2.64 bits per heavy atom. The number of nitrogens with zero attached hydrogens (tertiary/aromatic N) is 1. The van der Waals surface area contributed by atoms with Crippen LogP contribution in [-0.2, 0) is 10.0 Å². The molecule has 0 fully saturated rings. The van der Waals surface area contributed by atoms with Crippen LogP contribution in [0.25, 0.3) is 11.3 Å². The fraction of sp³-hybridized carbons (Fsp3) is 0.118. The van der Waals surface area contributed by atoms with Gasteiger partial charge in [-0.1, -0.05) is 12.1 Å². The van der Waals surface area contributed by atoms with Crippen LogP contribution in [0.4, 0.5) is 5.69 Å². The molecule has 128 valence electrons. The summed E-state index contributed by atoms with van der Waals surface area (Å²) in [5.41, 5.74) is 2.10. The van der Waals surface area contributed by atoms with E-state index in [1.54, 1.807) is 30.5 Å². The quantitative estimate of drug-likeness (QED) is 0.749. The SMILES string of the molecule is O=S(=O)(Nc1cccc(-c2ccn[nH]2)c1)c1ccc2c(c1)OCCO2. The molecule has 0 spiro atoms. The van der Waals surface area contributed by atoms with Gasteiger partial charge in [-0.05, 0) is 30.3 Å². The number of H-pyrrole nitrogens is 1. The minimum atomic E-state index is -3.74. The number of anilines is 1. The Labute approximate surface area is 144 Å². The van der Waals surface area contributed by atoms with Crippen LogP contribution >= 0.6 is 0 Å². The Morgan fingerprint density at radius 2 is 1.84 bits per heavy atom. The fourth-order valence-electron chi connectivity index (χ4n) is 2.57. The molecule has 8 heteroatoms. The molecule has 1 aromatic heterocycles. The number of sulfonamides is 1. The van der Waals surface area contributed by atoms with Crippen LogP contribution in [0.1, 0.15) is 0 Å². The van der Waals surface area contributed by atoms with Gasteiger partial charge in [-0.3, -0.25) is 9.82 Å². The molecular formula is C17H15N3O4S. The summed E-state index contributed by atoms with van der Waals surface area (Å²) in [6.07, 6.45) is 1.64. The van der Waals surface area contributed by atoms with Crippen molar-refractivity contribution in [3.8, 4) is 22.8 Å². The summed E-state index contributed by atoms with van der Waals surface area (Å²) >= 11 is 0. The molecule has 0 aliphatic carbocycles. The highest BCUT2D eigenvalue weighted by atomic mass is 32.2. The summed E-state index contributed by atoms with van der Waals surface area (Å²) in [5.74, 6) is 0.978. The van der Waals surface area contributed by atoms with Crippen LogP contribution in [0.15, 0.2) is 59.6 Å². The molecule has 4 rings (SSSR count). The third-order valence-electron chi connectivity index (χ3n) is 3.75. The highest BCUT2D eigenvalue weighted by molar-refractivity contribution is 7.92. The van der Waals surface area contributed by atoms with Gasteiger partial charge in [0.25, 0.3) is 10.0 Å². The molecule has 2 N–H and O–H groups in total. The minimum Gasteiger partial charge on any atom is -0.486 e. The van der Waals surface area contributed by atoms with E-state index in [0.29, 0.717) is 30.4 Å². The first kappa shape index (κ1) is 15.5. The Bertz CT molecular complexity index is 1000. The number of aromatic nitrogens is 2. The number of aromatic amines is 1. The first-order chi connectivity index (χ1) is 12.1. The van der Waals surface area contributed by atoms with E-state index in [1.807, 2.05) is 12.1 Å². The van der Waals surface area contributed by atoms with E-state index in [-0.39, 0.29) is 4.90 Å². The lowest BCUT2D eigenvalue weighted by Gasteiger charge is -2.19. The summed E-state index contributed by atoms with van der Waals surface area (Å²) in [6.45, 7) is 0.855. The van der Waals surface area contributed by atoms with E-state index < -0.39 is 10.0 Å². The molecule has 3 aromatic rings. The summed E-state index contributed by atoms with van der Waals surface area (Å²) in [6, 6.07) is 13.5. The molecule has 0 unspecified atom stereocenters. The van der Waals surface area contributed by atoms with Gasteiger partial charge in [0.1, 0.15) is 13.2 Å². The molecule has 0 atom stereocenters. The van der Waals surface area contributed by atoms with Crippen LogP contribution in [0.5, 0.6) is 11.5 Å². The molecule has 0 saturated carbocycles. The van der Waals surface area contributed by atoms with Crippen LogP contribution in [0, 0.1) is 0 Å². The normalized spacial score (nSPS) is 13.4. The molecule has 2 heterocycles. The Morgan fingerprint density at radius 1 is 1.00 bits per heavy atom. The maximum Gasteiger partial charge on any atom is 0.262 e. The number of hydrogen-bond donors (Lipinski definition) is 2. The van der Waals surface area contributed by atoms with Crippen LogP contribution in [0.3, 0.4) is 0 Å². The molecule has 1 aliphatic rings. The summed E-state index contributed by atoms with van der Waals surface area (Å²) in [4.78, 5) is 0.115. The van der Waals surface area contributed by atoms with Crippen molar-refractivity contribution in [1.29, 1.82) is 0 Å². The van der Waals surface area contributed by atoms with Crippen molar-refractivity contribution in [3.63, 3.8) is 0 Å². The predicted molar refractivity (Wildman–Crippen MR) is 92.3 cm³/mol. The van der Waals surface area contributed by atoms with Gasteiger partial charge in [0.15, 0.2) is 11.5 Å². The molecule has 0 amide bonds. The van der Waals surface area contributed by atoms with Gasteiger partial charge in [-0.25, -0.2) is 8.42 Å². The van der Waals surface area contributed by atoms with E-state index in [4.69, 9.17) is 9.47 Å². The second kappa shape index (κ2) is 6.14. The van der Waals surface area contributed by atoms with E-state index in [1.165, 1.54) is 12.1 Å². The summed E-state index contributed by atoms with van der Waals surface area (Å²) in [5, 5.41) is 6.75. The maximum absolute atomic E-state index is 12.7. The lowest BCUT2D eigenvalue weighted by Crippen LogP contribution is -2.17. The van der Waals surface area contributed by atoms with Crippen LogP contribution in [-0.4, -0.2) is 31.8 Å². The highest BCUT2D eigenvalue weighted by Crippen LogP contribution is 2.33. The molecule has 0 saturated heterocycles. The molecular weight excluding hydrogens is 342 g/mol. The molecule has 0 bridgehead atoms. The van der Waals surface area contributed by atoms with Crippen molar-refractivity contribution in [1.82, 2.24) is 10.2 Å². The molecule has 7 nitrogen and oxygen atoms in total. The number of nitrogens with one attached hydrogen (secondary N) is 2. The zero-order chi connectivity index (χ0) is 17.3. The Hall–Kier alpha value is -3.00. The van der Waals surface area contributed by atoms with Gasteiger partial charge in [0.2, 0.25) is 0 Å². The summed E-state index contributed by atoms with van der Waals surface area (Å²) in [7, 11) is -3.74. The van der Waals surface area contributed by atoms with Crippen molar-refractivity contribution in [2.24, 2.45) is 0 Å². The van der Waals surface area contributed by atoms with Gasteiger partial charge >= 0.3 is 0 Å². The number of fused-ring (bicyclic) bond motifs is 1. The topological polar surface area (TPSA) is 93.3 Å². The van der Waals surface area contributed by atoms with E-state index in [2.05, 4.69) is 14.9 Å². The highest BCUT2D eigenvalue weighted by Gasteiger charge is 2.19. The van der Waals surface area contributed by atoms with Crippen molar-refractivity contribution >= 4 is 15.7 Å². The molecule has 25 heavy (non-hydrogen) atoms. The third kappa shape index (κ3) is 3.16. The number of hydrogen-bond acceptors (Lipinski definition) is 5. The molecule has 0 radical (unpaired) electrons. The minimum absolute atomic E-state index is 0.115. The summed E-state index contributed by atoms with van der Waals surface area (Å²) < 4.78 is 38.8. The monoisotopic (exact) mass is 357 g/mol. The zero-order valence-corrected chi connectivity index (χ0v) is 13.9. The van der Waals surface area contributed by atoms with Gasteiger partial charge in [-0.2, -0.15) is 5.10 Å². The number of rotatable bonds is 4. The van der Waals surface area contributed by atoms with E-state index in [0.717, 1.165) is 11.3 Å². The zero-order valence-electron chi connectivity index (χ0n) is 13.1. The smallest absolute Gasteiger partial charge is 0.262 e. The van der Waals surface area contributed by atoms with E-state index in [9.17, 15) is 8.42 Å². The second-order valence-electron chi connectivity index (χ2n) is 5.46. The van der Waals surface area contributed by atoms with Gasteiger partial charge in [0.05, 0.1) is 10.6 Å². The van der Waals surface area contributed by atoms with Gasteiger partial charge < -0.3 is 9.47 Å². The van der Waals surface area contributed by atoms with Gasteiger partial charge in [-0.15, -0.1) is 0 Å². The molecule has 1 aliphatic heterocycles. The molecule has 2 aromatic carbocycles. The van der Waals surface area contributed by atoms with Crippen molar-refractivity contribution in [2.45, 2.75) is 4.90 Å². The van der Waals surface area contributed by atoms with Crippen molar-refractivity contribution in [2.75, 3.05) is 17.9 Å². The average Bonchev–Trinajstić information content (AvgIpc) is 3.16. The van der Waals surface area contributed by atoms with E-state index >= 15 is 0 Å². The van der Waals surface area contributed by atoms with Crippen LogP contribution < -0.4 is 14.2 Å². The largest absolute Gasteiger partial charge is 0.486 e. The number of ether oxygens (including phenoxy) is 2. The van der Waals surface area contributed by atoms with Crippen molar-refractivity contribution in [3.05, 3.63) is 54.7 Å². The van der Waals surface area contributed by atoms with Gasteiger partial charge in [0, 0.05) is 23.5 Å². The average molecular weight is 357 g/mol. The Kier molecular flexibility index (Phi) is 3.81. The maximum atomic E-state index is 12.7. The van der Waals surface area contributed by atoms with Crippen LogP contribution in [0.2, 0.25) is 0 Å².